The van der Waals surface area contributed by atoms with Gasteiger partial charge in [0.25, 0.3) is 0 Å². The van der Waals surface area contributed by atoms with Gasteiger partial charge in [-0.3, -0.25) is 0 Å². The molecule has 0 saturated heterocycles. The summed E-state index contributed by atoms with van der Waals surface area (Å²) in [6.07, 6.45) is 1.70. The van der Waals surface area contributed by atoms with E-state index in [1.54, 1.807) is 12.3 Å². The average molecular weight is 181 g/mol. The number of hydrogen-bond donors (Lipinski definition) is 2. The van der Waals surface area contributed by atoms with E-state index in [0.717, 1.165) is 5.56 Å². The largest absolute Gasteiger partial charge is 0.478 e. The zero-order valence-corrected chi connectivity index (χ0v) is 7.73. The number of nitrogens with two attached hydrogens (primary N) is 2. The molecule has 0 fully saturated rings. The second kappa shape index (κ2) is 4.79. The van der Waals surface area contributed by atoms with Crippen LogP contribution in [0.1, 0.15) is 18.5 Å². The maximum Gasteiger partial charge on any atom is 0.213 e. The Balaban J connectivity index is 2.69. The second-order valence-electron chi connectivity index (χ2n) is 2.70. The monoisotopic (exact) mass is 181 g/mol. The van der Waals surface area contributed by atoms with Gasteiger partial charge in [-0.15, -0.1) is 0 Å². The zero-order chi connectivity index (χ0) is 9.68. The lowest BCUT2D eigenvalue weighted by Crippen LogP contribution is -2.20. The molecule has 0 spiro atoms. The number of ether oxygens (including phenoxy) is 1. The molecule has 4 heteroatoms. The molecule has 1 rings (SSSR count). The van der Waals surface area contributed by atoms with Gasteiger partial charge in [0.05, 0.1) is 6.61 Å². The predicted octanol–water partition coefficient (Wildman–Crippen LogP) is 0.439. The minimum Gasteiger partial charge on any atom is -0.478 e. The fourth-order valence-electron chi connectivity index (χ4n) is 0.980. The Morgan fingerprint density at radius 3 is 2.77 bits per heavy atom. The number of aromatic nitrogens is 1. The molecule has 0 aliphatic heterocycles. The Morgan fingerprint density at radius 1 is 1.54 bits per heavy atom. The van der Waals surface area contributed by atoms with E-state index < -0.39 is 0 Å². The van der Waals surface area contributed by atoms with Crippen molar-refractivity contribution in [1.82, 2.24) is 4.98 Å². The van der Waals surface area contributed by atoms with E-state index in [1.807, 2.05) is 13.0 Å². The third-order valence-electron chi connectivity index (χ3n) is 1.73. The van der Waals surface area contributed by atoms with E-state index in [1.165, 1.54) is 0 Å². The Hall–Kier alpha value is -1.13. The molecule has 1 heterocycles. The predicted molar refractivity (Wildman–Crippen MR) is 51.4 cm³/mol. The summed E-state index contributed by atoms with van der Waals surface area (Å²) in [5, 5.41) is 0. The van der Waals surface area contributed by atoms with E-state index >= 15 is 0 Å². The highest BCUT2D eigenvalue weighted by molar-refractivity contribution is 5.20. The van der Waals surface area contributed by atoms with E-state index in [2.05, 4.69) is 4.98 Å². The molecule has 72 valence electrons. The topological polar surface area (TPSA) is 74.2 Å². The van der Waals surface area contributed by atoms with Crippen LogP contribution in [0.3, 0.4) is 0 Å². The van der Waals surface area contributed by atoms with Gasteiger partial charge in [0.2, 0.25) is 5.88 Å². The second-order valence-corrected chi connectivity index (χ2v) is 2.70. The Kier molecular flexibility index (Phi) is 3.67. The van der Waals surface area contributed by atoms with Gasteiger partial charge >= 0.3 is 0 Å². The van der Waals surface area contributed by atoms with Crippen LogP contribution in [0.2, 0.25) is 0 Å². The molecule has 0 saturated carbocycles. The number of nitrogens with zero attached hydrogens (tertiary/aromatic N) is 1. The summed E-state index contributed by atoms with van der Waals surface area (Å²) in [5.41, 5.74) is 12.1. The Labute approximate surface area is 77.9 Å². The first-order valence-corrected chi connectivity index (χ1v) is 4.32. The molecule has 0 radical (unpaired) electrons. The summed E-state index contributed by atoms with van der Waals surface area (Å²) in [7, 11) is 0. The van der Waals surface area contributed by atoms with Gasteiger partial charge in [-0.2, -0.15) is 0 Å². The lowest BCUT2D eigenvalue weighted by molar-refractivity contribution is 0.326. The molecule has 4 nitrogen and oxygen atoms in total. The van der Waals surface area contributed by atoms with Crippen molar-refractivity contribution in [2.45, 2.75) is 13.0 Å². The van der Waals surface area contributed by atoms with Crippen molar-refractivity contribution >= 4 is 0 Å². The Morgan fingerprint density at radius 2 is 2.31 bits per heavy atom. The van der Waals surface area contributed by atoms with Gasteiger partial charge in [-0.1, -0.05) is 6.07 Å². The van der Waals surface area contributed by atoms with E-state index in [-0.39, 0.29) is 6.04 Å². The van der Waals surface area contributed by atoms with Gasteiger partial charge in [-0.25, -0.2) is 4.98 Å². The third-order valence-corrected chi connectivity index (χ3v) is 1.73. The van der Waals surface area contributed by atoms with E-state index in [4.69, 9.17) is 16.2 Å². The quantitative estimate of drug-likeness (QED) is 0.706. The van der Waals surface area contributed by atoms with Crippen LogP contribution >= 0.6 is 0 Å². The van der Waals surface area contributed by atoms with Crippen LogP contribution in [-0.4, -0.2) is 18.1 Å². The summed E-state index contributed by atoms with van der Waals surface area (Å²) < 4.78 is 5.19. The molecule has 1 aromatic heterocycles. The fraction of sp³-hybridized carbons (Fsp3) is 0.444. The van der Waals surface area contributed by atoms with Crippen LogP contribution in [0, 0.1) is 0 Å². The van der Waals surface area contributed by atoms with Crippen molar-refractivity contribution in [2.24, 2.45) is 11.5 Å². The Bertz CT molecular complexity index is 248. The summed E-state index contributed by atoms with van der Waals surface area (Å²) >= 11 is 0. The summed E-state index contributed by atoms with van der Waals surface area (Å²) in [6.45, 7) is 2.96. The van der Waals surface area contributed by atoms with Crippen molar-refractivity contribution in [3.63, 3.8) is 0 Å². The molecule has 4 N–H and O–H groups in total. The normalized spacial score (nSPS) is 12.5. The molecule has 0 amide bonds. The maximum absolute atomic E-state index is 5.71. The number of rotatable bonds is 4. The minimum absolute atomic E-state index is 0.136. The number of pyridine rings is 1. The molecular formula is C9H15N3O. The summed E-state index contributed by atoms with van der Waals surface area (Å²) in [4.78, 5) is 4.08. The van der Waals surface area contributed by atoms with Crippen LogP contribution in [0.15, 0.2) is 18.3 Å². The smallest absolute Gasteiger partial charge is 0.213 e. The minimum atomic E-state index is -0.136. The highest BCUT2D eigenvalue weighted by Gasteiger charge is 2.03. The number of hydrogen-bond acceptors (Lipinski definition) is 4. The average Bonchev–Trinajstić information content (AvgIpc) is 2.18. The molecule has 0 aliphatic carbocycles. The van der Waals surface area contributed by atoms with Crippen LogP contribution in [0.4, 0.5) is 0 Å². The van der Waals surface area contributed by atoms with Gasteiger partial charge in [-0.05, 0) is 12.5 Å². The van der Waals surface area contributed by atoms with E-state index in [0.29, 0.717) is 19.0 Å². The first kappa shape index (κ1) is 9.95. The molecule has 13 heavy (non-hydrogen) atoms. The van der Waals surface area contributed by atoms with Gasteiger partial charge in [0, 0.05) is 24.8 Å². The van der Waals surface area contributed by atoms with Crippen LogP contribution < -0.4 is 16.2 Å². The highest BCUT2D eigenvalue weighted by Crippen LogP contribution is 2.11. The van der Waals surface area contributed by atoms with Crippen molar-refractivity contribution in [2.75, 3.05) is 13.2 Å². The standard InChI is InChI=1S/C9H15N3O/c1-2-13-9-4-3-7(6-12-9)8(11)5-10/h3-4,6,8H,2,5,10-11H2,1H3. The molecule has 1 atom stereocenters. The first-order chi connectivity index (χ1) is 6.27. The van der Waals surface area contributed by atoms with Crippen LogP contribution in [0.25, 0.3) is 0 Å². The summed E-state index contributed by atoms with van der Waals surface area (Å²) in [5.74, 6) is 0.621. The molecule has 0 bridgehead atoms. The van der Waals surface area contributed by atoms with Crippen molar-refractivity contribution in [1.29, 1.82) is 0 Å². The van der Waals surface area contributed by atoms with Crippen LogP contribution in [0.5, 0.6) is 5.88 Å². The van der Waals surface area contributed by atoms with Crippen LogP contribution in [-0.2, 0) is 0 Å². The molecule has 0 aromatic carbocycles. The first-order valence-electron chi connectivity index (χ1n) is 4.32. The maximum atomic E-state index is 5.71. The molecule has 0 aliphatic rings. The molecule has 1 aromatic rings. The van der Waals surface area contributed by atoms with Crippen molar-refractivity contribution in [3.05, 3.63) is 23.9 Å². The third kappa shape index (κ3) is 2.68. The SMILES string of the molecule is CCOc1ccc(C(N)CN)cn1. The van der Waals surface area contributed by atoms with Crippen molar-refractivity contribution < 1.29 is 4.74 Å². The molecule has 1 unspecified atom stereocenters. The molecular weight excluding hydrogens is 166 g/mol. The van der Waals surface area contributed by atoms with Gasteiger partial charge in [0.1, 0.15) is 0 Å². The lowest BCUT2D eigenvalue weighted by Gasteiger charge is -2.08. The van der Waals surface area contributed by atoms with Gasteiger partial charge < -0.3 is 16.2 Å². The zero-order valence-electron chi connectivity index (χ0n) is 7.73. The fourth-order valence-corrected chi connectivity index (χ4v) is 0.980. The lowest BCUT2D eigenvalue weighted by atomic mass is 10.1. The van der Waals surface area contributed by atoms with Crippen molar-refractivity contribution in [3.8, 4) is 5.88 Å². The van der Waals surface area contributed by atoms with Gasteiger partial charge in [0.15, 0.2) is 0 Å². The highest BCUT2D eigenvalue weighted by atomic mass is 16.5. The van der Waals surface area contributed by atoms with E-state index in [9.17, 15) is 0 Å². The summed E-state index contributed by atoms with van der Waals surface area (Å²) in [6, 6.07) is 3.55.